The van der Waals surface area contributed by atoms with Gasteiger partial charge in [0.05, 0.1) is 0 Å². The first-order valence-corrected chi connectivity index (χ1v) is 6.46. The highest BCUT2D eigenvalue weighted by Gasteiger charge is 2.59. The van der Waals surface area contributed by atoms with Gasteiger partial charge in [-0.1, -0.05) is 42.5 Å². The molecule has 2 aromatic rings. The van der Waals surface area contributed by atoms with Gasteiger partial charge in [-0.25, -0.2) is 0 Å². The first-order chi connectivity index (χ1) is 8.28. The standard InChI is InChI=1S/C16H17N/c1-17-10-15-9-16(15,11-17)14-7-6-12-4-2-3-5-13(12)8-14/h2-8,15H,9-11H2,1H3/t15-,16?/m0/s1. The zero-order valence-corrected chi connectivity index (χ0v) is 10.2. The van der Waals surface area contributed by atoms with Crippen LogP contribution in [0.15, 0.2) is 42.5 Å². The second-order valence-corrected chi connectivity index (χ2v) is 5.82. The lowest BCUT2D eigenvalue weighted by atomic mass is 9.93. The van der Waals surface area contributed by atoms with Gasteiger partial charge in [-0.05, 0) is 35.7 Å². The molecule has 1 nitrogen and oxygen atoms in total. The van der Waals surface area contributed by atoms with Crippen LogP contribution in [0.2, 0.25) is 0 Å². The van der Waals surface area contributed by atoms with E-state index in [0.29, 0.717) is 5.41 Å². The molecule has 2 aromatic carbocycles. The molecule has 1 aliphatic heterocycles. The zero-order valence-electron chi connectivity index (χ0n) is 10.2. The largest absolute Gasteiger partial charge is 0.305 e. The molecule has 2 aliphatic rings. The van der Waals surface area contributed by atoms with E-state index in [0.717, 1.165) is 5.92 Å². The van der Waals surface area contributed by atoms with Crippen molar-refractivity contribution in [1.29, 1.82) is 0 Å². The van der Waals surface area contributed by atoms with Crippen LogP contribution in [0.4, 0.5) is 0 Å². The molecule has 0 spiro atoms. The Labute approximate surface area is 102 Å². The van der Waals surface area contributed by atoms with Crippen LogP contribution in [0.25, 0.3) is 10.8 Å². The number of hydrogen-bond donors (Lipinski definition) is 0. The number of nitrogens with zero attached hydrogens (tertiary/aromatic N) is 1. The molecule has 1 heteroatoms. The zero-order chi connectivity index (χ0) is 11.5. The van der Waals surface area contributed by atoms with Crippen molar-refractivity contribution >= 4 is 10.8 Å². The Morgan fingerprint density at radius 2 is 1.94 bits per heavy atom. The van der Waals surface area contributed by atoms with Gasteiger partial charge in [0.15, 0.2) is 0 Å². The van der Waals surface area contributed by atoms with E-state index in [1.807, 2.05) is 0 Å². The third-order valence-corrected chi connectivity index (χ3v) is 4.64. The van der Waals surface area contributed by atoms with Gasteiger partial charge in [-0.2, -0.15) is 0 Å². The highest BCUT2D eigenvalue weighted by atomic mass is 15.2. The lowest BCUT2D eigenvalue weighted by Crippen LogP contribution is -2.22. The Morgan fingerprint density at radius 1 is 1.12 bits per heavy atom. The van der Waals surface area contributed by atoms with Crippen molar-refractivity contribution in [2.45, 2.75) is 11.8 Å². The molecule has 0 aromatic heterocycles. The van der Waals surface area contributed by atoms with Crippen LogP contribution in [0.3, 0.4) is 0 Å². The van der Waals surface area contributed by atoms with Gasteiger partial charge >= 0.3 is 0 Å². The molecule has 1 unspecified atom stereocenters. The fourth-order valence-corrected chi connectivity index (χ4v) is 3.68. The summed E-state index contributed by atoms with van der Waals surface area (Å²) in [5.41, 5.74) is 2.06. The molecule has 2 atom stereocenters. The number of hydrogen-bond acceptors (Lipinski definition) is 1. The van der Waals surface area contributed by atoms with E-state index in [2.05, 4.69) is 54.4 Å². The van der Waals surface area contributed by atoms with Gasteiger partial charge < -0.3 is 4.90 Å². The summed E-state index contributed by atoms with van der Waals surface area (Å²) in [6.45, 7) is 2.53. The quantitative estimate of drug-likeness (QED) is 0.718. The van der Waals surface area contributed by atoms with Crippen LogP contribution in [0.5, 0.6) is 0 Å². The SMILES string of the molecule is CN1C[C@@H]2CC2(c2ccc3ccccc3c2)C1. The molecule has 86 valence electrons. The maximum Gasteiger partial charge on any atom is 0.0124 e. The Balaban J connectivity index is 1.82. The van der Waals surface area contributed by atoms with E-state index in [1.165, 1.54) is 30.3 Å². The molecule has 17 heavy (non-hydrogen) atoms. The summed E-state index contributed by atoms with van der Waals surface area (Å²) < 4.78 is 0. The summed E-state index contributed by atoms with van der Waals surface area (Å²) in [6, 6.07) is 15.7. The maximum absolute atomic E-state index is 2.48. The van der Waals surface area contributed by atoms with Crippen molar-refractivity contribution in [1.82, 2.24) is 4.90 Å². The first kappa shape index (κ1) is 9.67. The minimum Gasteiger partial charge on any atom is -0.305 e. The molecule has 4 rings (SSSR count). The van der Waals surface area contributed by atoms with Crippen LogP contribution in [-0.4, -0.2) is 25.0 Å². The highest BCUT2D eigenvalue weighted by molar-refractivity contribution is 5.83. The minimum atomic E-state index is 0.499. The summed E-state index contributed by atoms with van der Waals surface area (Å²) in [7, 11) is 2.24. The van der Waals surface area contributed by atoms with Crippen LogP contribution in [0, 0.1) is 5.92 Å². The summed E-state index contributed by atoms with van der Waals surface area (Å²) >= 11 is 0. The number of rotatable bonds is 1. The van der Waals surface area contributed by atoms with Crippen molar-refractivity contribution in [2.75, 3.05) is 20.1 Å². The molecule has 0 radical (unpaired) electrons. The lowest BCUT2D eigenvalue weighted by molar-refractivity contribution is 0.363. The smallest absolute Gasteiger partial charge is 0.0124 e. The average molecular weight is 223 g/mol. The molecule has 1 aliphatic carbocycles. The summed E-state index contributed by atoms with van der Waals surface area (Å²) in [4.78, 5) is 2.48. The second kappa shape index (κ2) is 3.11. The molecule has 1 saturated heterocycles. The number of benzene rings is 2. The summed E-state index contributed by atoms with van der Waals surface area (Å²) in [5.74, 6) is 0.911. The summed E-state index contributed by atoms with van der Waals surface area (Å²) in [6.07, 6.45) is 1.40. The van der Waals surface area contributed by atoms with Crippen LogP contribution in [-0.2, 0) is 5.41 Å². The van der Waals surface area contributed by atoms with E-state index in [4.69, 9.17) is 0 Å². The number of likely N-dealkylation sites (N-methyl/N-ethyl adjacent to an activating group) is 1. The van der Waals surface area contributed by atoms with Gasteiger partial charge in [0.25, 0.3) is 0 Å². The van der Waals surface area contributed by atoms with Crippen LogP contribution < -0.4 is 0 Å². The van der Waals surface area contributed by atoms with Crippen LogP contribution in [0.1, 0.15) is 12.0 Å². The highest BCUT2D eigenvalue weighted by Crippen LogP contribution is 2.58. The van der Waals surface area contributed by atoms with Gasteiger partial charge in [0.1, 0.15) is 0 Å². The Kier molecular flexibility index (Phi) is 1.77. The molecular weight excluding hydrogens is 206 g/mol. The van der Waals surface area contributed by atoms with Gasteiger partial charge in [-0.15, -0.1) is 0 Å². The molecule has 0 bridgehead atoms. The minimum absolute atomic E-state index is 0.499. The average Bonchev–Trinajstić information content (AvgIpc) is 2.93. The van der Waals surface area contributed by atoms with Crippen molar-refractivity contribution in [3.05, 3.63) is 48.0 Å². The Bertz CT molecular complexity index is 589. The monoisotopic (exact) mass is 223 g/mol. The number of fused-ring (bicyclic) bond motifs is 2. The fourth-order valence-electron chi connectivity index (χ4n) is 3.68. The number of piperidine rings is 1. The van der Waals surface area contributed by atoms with Gasteiger partial charge in [0, 0.05) is 18.5 Å². The Hall–Kier alpha value is -1.34. The molecule has 1 saturated carbocycles. The molecule has 0 amide bonds. The lowest BCUT2D eigenvalue weighted by Gasteiger charge is -2.17. The van der Waals surface area contributed by atoms with Crippen molar-refractivity contribution in [3.63, 3.8) is 0 Å². The number of likely N-dealkylation sites (tertiary alicyclic amines) is 1. The maximum atomic E-state index is 2.48. The topological polar surface area (TPSA) is 3.24 Å². The fraction of sp³-hybridized carbons (Fsp3) is 0.375. The normalized spacial score (nSPS) is 31.7. The van der Waals surface area contributed by atoms with Gasteiger partial charge in [-0.3, -0.25) is 0 Å². The predicted molar refractivity (Wildman–Crippen MR) is 71.2 cm³/mol. The third-order valence-electron chi connectivity index (χ3n) is 4.64. The van der Waals surface area contributed by atoms with E-state index < -0.39 is 0 Å². The second-order valence-electron chi connectivity index (χ2n) is 5.82. The van der Waals surface area contributed by atoms with E-state index >= 15 is 0 Å². The van der Waals surface area contributed by atoms with Crippen molar-refractivity contribution in [3.8, 4) is 0 Å². The first-order valence-electron chi connectivity index (χ1n) is 6.46. The van der Waals surface area contributed by atoms with Crippen LogP contribution >= 0.6 is 0 Å². The molecule has 2 fully saturated rings. The third kappa shape index (κ3) is 1.29. The molecule has 0 N–H and O–H groups in total. The van der Waals surface area contributed by atoms with E-state index in [9.17, 15) is 0 Å². The van der Waals surface area contributed by atoms with Gasteiger partial charge in [0.2, 0.25) is 0 Å². The van der Waals surface area contributed by atoms with Crippen molar-refractivity contribution < 1.29 is 0 Å². The Morgan fingerprint density at radius 3 is 2.71 bits per heavy atom. The van der Waals surface area contributed by atoms with E-state index in [1.54, 1.807) is 5.56 Å². The summed E-state index contributed by atoms with van der Waals surface area (Å²) in [5, 5.41) is 2.75. The molecular formula is C16H17N. The van der Waals surface area contributed by atoms with E-state index in [-0.39, 0.29) is 0 Å². The predicted octanol–water partition coefficient (Wildman–Crippen LogP) is 3.04. The van der Waals surface area contributed by atoms with Crippen molar-refractivity contribution in [2.24, 2.45) is 5.92 Å². The molecule has 1 heterocycles.